The van der Waals surface area contributed by atoms with E-state index in [4.69, 9.17) is 27.9 Å². The van der Waals surface area contributed by atoms with E-state index >= 15 is 0 Å². The molecule has 6 heteroatoms. The number of carbonyl (C=O) groups excluding carboxylic acids is 1. The molecular weight excluding hydrogens is 287 g/mol. The number of esters is 1. The average molecular weight is 303 g/mol. The quantitative estimate of drug-likeness (QED) is 0.685. The maximum Gasteiger partial charge on any atom is 0.308 e. The summed E-state index contributed by atoms with van der Waals surface area (Å²) < 4.78 is 4.77. The standard InChI is InChI=1S/C13H16Cl2N2O2/c1-19-13(18)8-2-4-9(5-3-8)16-10-6-11(14)17-12(15)7-10/h6-9H,2-5H2,1H3,(H,16,17). The number of nitrogens with zero attached hydrogens (tertiary/aromatic N) is 1. The van der Waals surface area contributed by atoms with E-state index in [1.54, 1.807) is 12.1 Å². The molecule has 1 heterocycles. The van der Waals surface area contributed by atoms with Gasteiger partial charge in [0.1, 0.15) is 10.3 Å². The van der Waals surface area contributed by atoms with E-state index in [9.17, 15) is 4.79 Å². The third kappa shape index (κ3) is 3.98. The highest BCUT2D eigenvalue weighted by molar-refractivity contribution is 6.32. The number of nitrogens with one attached hydrogen (secondary N) is 1. The van der Waals surface area contributed by atoms with Crippen LogP contribution in [0.1, 0.15) is 25.7 Å². The molecule has 1 fully saturated rings. The minimum atomic E-state index is -0.103. The van der Waals surface area contributed by atoms with E-state index in [2.05, 4.69) is 10.3 Å². The van der Waals surface area contributed by atoms with E-state index in [1.165, 1.54) is 7.11 Å². The lowest BCUT2D eigenvalue weighted by Crippen LogP contribution is -2.29. The Hall–Kier alpha value is -1.00. The molecule has 1 N–H and O–H groups in total. The average Bonchev–Trinajstić information content (AvgIpc) is 2.37. The summed E-state index contributed by atoms with van der Waals surface area (Å²) in [6, 6.07) is 3.83. The second kappa shape index (κ2) is 6.44. The second-order valence-corrected chi connectivity index (χ2v) is 5.49. The van der Waals surface area contributed by atoms with Crippen LogP contribution in [0.3, 0.4) is 0 Å². The molecule has 1 aliphatic carbocycles. The minimum Gasteiger partial charge on any atom is -0.469 e. The van der Waals surface area contributed by atoms with Crippen LogP contribution in [-0.2, 0) is 9.53 Å². The minimum absolute atomic E-state index is 0.0349. The highest BCUT2D eigenvalue weighted by Gasteiger charge is 2.26. The fraction of sp³-hybridized carbons (Fsp3) is 0.538. The molecule has 0 radical (unpaired) electrons. The molecule has 0 aromatic carbocycles. The summed E-state index contributed by atoms with van der Waals surface area (Å²) in [5, 5.41) is 4.13. The molecule has 0 atom stereocenters. The number of rotatable bonds is 3. The van der Waals surface area contributed by atoms with Crippen molar-refractivity contribution in [2.45, 2.75) is 31.7 Å². The third-order valence-corrected chi connectivity index (χ3v) is 3.78. The Labute approximate surface area is 122 Å². The van der Waals surface area contributed by atoms with Crippen LogP contribution in [-0.4, -0.2) is 24.1 Å². The smallest absolute Gasteiger partial charge is 0.308 e. The van der Waals surface area contributed by atoms with Gasteiger partial charge < -0.3 is 10.1 Å². The van der Waals surface area contributed by atoms with Gasteiger partial charge in [-0.25, -0.2) is 4.98 Å². The van der Waals surface area contributed by atoms with Gasteiger partial charge in [0.25, 0.3) is 0 Å². The Kier molecular flexibility index (Phi) is 4.88. The number of aromatic nitrogens is 1. The number of ether oxygens (including phenoxy) is 1. The number of carbonyl (C=O) groups is 1. The van der Waals surface area contributed by atoms with Crippen molar-refractivity contribution in [1.29, 1.82) is 0 Å². The summed E-state index contributed by atoms with van der Waals surface area (Å²) in [4.78, 5) is 15.3. The Balaban J connectivity index is 1.90. The molecule has 19 heavy (non-hydrogen) atoms. The summed E-state index contributed by atoms with van der Waals surface area (Å²) >= 11 is 11.7. The van der Waals surface area contributed by atoms with Gasteiger partial charge in [-0.2, -0.15) is 0 Å². The van der Waals surface area contributed by atoms with Gasteiger partial charge in [0, 0.05) is 11.7 Å². The van der Waals surface area contributed by atoms with E-state index in [1.807, 2.05) is 0 Å². The third-order valence-electron chi connectivity index (χ3n) is 3.40. The van der Waals surface area contributed by atoms with Gasteiger partial charge in [0.05, 0.1) is 13.0 Å². The van der Waals surface area contributed by atoms with Gasteiger partial charge in [-0.15, -0.1) is 0 Å². The molecule has 2 rings (SSSR count). The maximum absolute atomic E-state index is 11.4. The Morgan fingerprint density at radius 2 is 1.84 bits per heavy atom. The first-order valence-corrected chi connectivity index (χ1v) is 7.01. The van der Waals surface area contributed by atoms with Crippen molar-refractivity contribution >= 4 is 34.9 Å². The van der Waals surface area contributed by atoms with Crippen LogP contribution in [0.4, 0.5) is 5.69 Å². The van der Waals surface area contributed by atoms with Crippen LogP contribution in [0.2, 0.25) is 10.3 Å². The van der Waals surface area contributed by atoms with Crippen LogP contribution in [0, 0.1) is 5.92 Å². The lowest BCUT2D eigenvalue weighted by Gasteiger charge is -2.28. The zero-order valence-corrected chi connectivity index (χ0v) is 12.2. The fourth-order valence-corrected chi connectivity index (χ4v) is 2.88. The van der Waals surface area contributed by atoms with Gasteiger partial charge in [-0.3, -0.25) is 4.79 Å². The van der Waals surface area contributed by atoms with E-state index < -0.39 is 0 Å². The van der Waals surface area contributed by atoms with Crippen molar-refractivity contribution in [2.24, 2.45) is 5.92 Å². The van der Waals surface area contributed by atoms with E-state index in [0.717, 1.165) is 31.4 Å². The van der Waals surface area contributed by atoms with Gasteiger partial charge in [-0.05, 0) is 37.8 Å². The van der Waals surface area contributed by atoms with Crippen molar-refractivity contribution in [2.75, 3.05) is 12.4 Å². The molecule has 0 spiro atoms. The predicted molar refractivity (Wildman–Crippen MR) is 75.6 cm³/mol. The number of pyridine rings is 1. The topological polar surface area (TPSA) is 51.2 Å². The van der Waals surface area contributed by atoms with Crippen molar-refractivity contribution in [1.82, 2.24) is 4.98 Å². The largest absolute Gasteiger partial charge is 0.469 e. The molecule has 1 aromatic heterocycles. The number of hydrogen-bond donors (Lipinski definition) is 1. The van der Waals surface area contributed by atoms with Crippen LogP contribution < -0.4 is 5.32 Å². The SMILES string of the molecule is COC(=O)C1CCC(Nc2cc(Cl)nc(Cl)c2)CC1. The predicted octanol–water partition coefficient (Wildman–Crippen LogP) is 3.53. The number of hydrogen-bond acceptors (Lipinski definition) is 4. The normalized spacial score (nSPS) is 22.9. The number of halogens is 2. The summed E-state index contributed by atoms with van der Waals surface area (Å²) in [5.74, 6) is -0.0684. The number of methoxy groups -OCH3 is 1. The van der Waals surface area contributed by atoms with Crippen LogP contribution >= 0.6 is 23.2 Å². The molecule has 104 valence electrons. The van der Waals surface area contributed by atoms with E-state index in [-0.39, 0.29) is 11.9 Å². The van der Waals surface area contributed by atoms with Gasteiger partial charge in [0.15, 0.2) is 0 Å². The molecular formula is C13H16Cl2N2O2. The van der Waals surface area contributed by atoms with Crippen molar-refractivity contribution in [3.63, 3.8) is 0 Å². The lowest BCUT2D eigenvalue weighted by molar-refractivity contribution is -0.146. The summed E-state index contributed by atoms with van der Waals surface area (Å²) in [5.41, 5.74) is 0.867. The highest BCUT2D eigenvalue weighted by Crippen LogP contribution is 2.28. The molecule has 0 bridgehead atoms. The first-order valence-electron chi connectivity index (χ1n) is 6.26. The van der Waals surface area contributed by atoms with Crippen molar-refractivity contribution in [3.8, 4) is 0 Å². The monoisotopic (exact) mass is 302 g/mol. The zero-order valence-electron chi connectivity index (χ0n) is 10.7. The molecule has 0 amide bonds. The van der Waals surface area contributed by atoms with Gasteiger partial charge in [-0.1, -0.05) is 23.2 Å². The van der Waals surface area contributed by atoms with Crippen molar-refractivity contribution < 1.29 is 9.53 Å². The fourth-order valence-electron chi connectivity index (χ4n) is 2.42. The maximum atomic E-state index is 11.4. The molecule has 0 aliphatic heterocycles. The summed E-state index contributed by atoms with van der Waals surface area (Å²) in [6.45, 7) is 0. The molecule has 4 nitrogen and oxygen atoms in total. The van der Waals surface area contributed by atoms with Crippen LogP contribution in [0.25, 0.3) is 0 Å². The van der Waals surface area contributed by atoms with Gasteiger partial charge in [0.2, 0.25) is 0 Å². The Morgan fingerprint density at radius 1 is 1.26 bits per heavy atom. The first kappa shape index (κ1) is 14.4. The molecule has 1 saturated carbocycles. The zero-order chi connectivity index (χ0) is 13.8. The van der Waals surface area contributed by atoms with Crippen LogP contribution in [0.5, 0.6) is 0 Å². The summed E-state index contributed by atoms with van der Waals surface area (Å²) in [6.07, 6.45) is 3.54. The number of anilines is 1. The summed E-state index contributed by atoms with van der Waals surface area (Å²) in [7, 11) is 1.44. The first-order chi connectivity index (χ1) is 9.08. The lowest BCUT2D eigenvalue weighted by atomic mass is 9.86. The van der Waals surface area contributed by atoms with Crippen molar-refractivity contribution in [3.05, 3.63) is 22.4 Å². The molecule has 0 unspecified atom stereocenters. The molecule has 1 aliphatic rings. The van der Waals surface area contributed by atoms with Crippen LogP contribution in [0.15, 0.2) is 12.1 Å². The Morgan fingerprint density at radius 3 is 2.37 bits per heavy atom. The molecule has 1 aromatic rings. The van der Waals surface area contributed by atoms with E-state index in [0.29, 0.717) is 16.3 Å². The molecule has 0 saturated heterocycles. The highest BCUT2D eigenvalue weighted by atomic mass is 35.5. The second-order valence-electron chi connectivity index (χ2n) is 4.72. The van der Waals surface area contributed by atoms with Gasteiger partial charge >= 0.3 is 5.97 Å². The Bertz CT molecular complexity index is 440.